The smallest absolute Gasteiger partial charge is 0.0208 e. The Morgan fingerprint density at radius 1 is 1.00 bits per heavy atom. The average molecular weight is 229 g/mol. The monoisotopic (exact) mass is 229 g/mol. The van der Waals surface area contributed by atoms with Crippen molar-refractivity contribution in [1.29, 1.82) is 0 Å². The molecule has 2 aromatic rings. The summed E-state index contributed by atoms with van der Waals surface area (Å²) in [7, 11) is 1.97. The van der Waals surface area contributed by atoms with Gasteiger partial charge in [0.05, 0.1) is 0 Å². The quantitative estimate of drug-likeness (QED) is 0.769. The zero-order chi connectivity index (χ0) is 11.4. The third-order valence-electron chi connectivity index (χ3n) is 2.56. The van der Waals surface area contributed by atoms with Gasteiger partial charge in [-0.3, -0.25) is 0 Å². The Hall–Kier alpha value is -1.25. The van der Waals surface area contributed by atoms with E-state index in [0.29, 0.717) is 0 Å². The summed E-state index contributed by atoms with van der Waals surface area (Å²) in [6.45, 7) is 0.888. The van der Waals surface area contributed by atoms with E-state index in [9.17, 15) is 0 Å². The normalized spacial score (nSPS) is 10.4. The SMILES string of the molecule is CNCc1ccccc1-c1ccc(S)cc1. The summed E-state index contributed by atoms with van der Waals surface area (Å²) in [5, 5.41) is 3.19. The molecule has 0 saturated carbocycles. The van der Waals surface area contributed by atoms with Gasteiger partial charge in [-0.1, -0.05) is 36.4 Å². The fourth-order valence-corrected chi connectivity index (χ4v) is 1.94. The first kappa shape index (κ1) is 11.2. The van der Waals surface area contributed by atoms with Crippen LogP contribution in [0.2, 0.25) is 0 Å². The molecule has 0 radical (unpaired) electrons. The summed E-state index contributed by atoms with van der Waals surface area (Å²) < 4.78 is 0. The molecule has 0 unspecified atom stereocenters. The van der Waals surface area contributed by atoms with Crippen LogP contribution in [-0.4, -0.2) is 7.05 Å². The van der Waals surface area contributed by atoms with Crippen LogP contribution in [0, 0.1) is 0 Å². The molecule has 0 amide bonds. The second-order valence-electron chi connectivity index (χ2n) is 3.73. The van der Waals surface area contributed by atoms with Crippen LogP contribution < -0.4 is 5.32 Å². The zero-order valence-corrected chi connectivity index (χ0v) is 10.2. The Morgan fingerprint density at radius 2 is 1.69 bits per heavy atom. The highest BCUT2D eigenvalue weighted by atomic mass is 32.1. The summed E-state index contributed by atoms with van der Waals surface area (Å²) >= 11 is 4.30. The first-order chi connectivity index (χ1) is 7.81. The largest absolute Gasteiger partial charge is 0.316 e. The predicted octanol–water partition coefficient (Wildman–Crippen LogP) is 3.36. The second-order valence-corrected chi connectivity index (χ2v) is 4.25. The third kappa shape index (κ3) is 2.46. The molecule has 2 rings (SSSR count). The fraction of sp³-hybridized carbons (Fsp3) is 0.143. The molecule has 16 heavy (non-hydrogen) atoms. The molecule has 0 heterocycles. The van der Waals surface area contributed by atoms with E-state index in [-0.39, 0.29) is 0 Å². The number of hydrogen-bond donors (Lipinski definition) is 2. The highest BCUT2D eigenvalue weighted by molar-refractivity contribution is 7.80. The van der Waals surface area contributed by atoms with E-state index in [0.717, 1.165) is 11.4 Å². The zero-order valence-electron chi connectivity index (χ0n) is 9.27. The maximum absolute atomic E-state index is 4.30. The minimum atomic E-state index is 0.888. The highest BCUT2D eigenvalue weighted by Crippen LogP contribution is 2.24. The first-order valence-electron chi connectivity index (χ1n) is 5.33. The van der Waals surface area contributed by atoms with Crippen molar-refractivity contribution in [3.05, 3.63) is 54.1 Å². The van der Waals surface area contributed by atoms with Crippen LogP contribution in [-0.2, 0) is 6.54 Å². The third-order valence-corrected chi connectivity index (χ3v) is 2.86. The van der Waals surface area contributed by atoms with E-state index in [1.165, 1.54) is 16.7 Å². The van der Waals surface area contributed by atoms with Gasteiger partial charge in [0.25, 0.3) is 0 Å². The van der Waals surface area contributed by atoms with Crippen molar-refractivity contribution in [2.75, 3.05) is 7.05 Å². The van der Waals surface area contributed by atoms with Crippen molar-refractivity contribution in [1.82, 2.24) is 5.32 Å². The molecular weight excluding hydrogens is 214 g/mol. The van der Waals surface area contributed by atoms with Crippen LogP contribution in [0.15, 0.2) is 53.4 Å². The van der Waals surface area contributed by atoms with Crippen molar-refractivity contribution in [2.45, 2.75) is 11.4 Å². The number of hydrogen-bond acceptors (Lipinski definition) is 2. The lowest BCUT2D eigenvalue weighted by molar-refractivity contribution is 0.819. The van der Waals surface area contributed by atoms with Gasteiger partial charge in [0.1, 0.15) is 0 Å². The fourth-order valence-electron chi connectivity index (χ4n) is 1.79. The van der Waals surface area contributed by atoms with Crippen LogP contribution in [0.5, 0.6) is 0 Å². The van der Waals surface area contributed by atoms with Gasteiger partial charge in [-0.25, -0.2) is 0 Å². The lowest BCUT2D eigenvalue weighted by atomic mass is 10.00. The molecule has 1 N–H and O–H groups in total. The van der Waals surface area contributed by atoms with Crippen LogP contribution >= 0.6 is 12.6 Å². The number of nitrogens with one attached hydrogen (secondary N) is 1. The Bertz CT molecular complexity index is 462. The van der Waals surface area contributed by atoms with E-state index >= 15 is 0 Å². The van der Waals surface area contributed by atoms with Crippen molar-refractivity contribution >= 4 is 12.6 Å². The maximum atomic E-state index is 4.30. The van der Waals surface area contributed by atoms with Gasteiger partial charge in [0.15, 0.2) is 0 Å². The standard InChI is InChI=1S/C14H15NS/c1-15-10-12-4-2-3-5-14(12)11-6-8-13(16)9-7-11/h2-9,15-16H,10H2,1H3. The van der Waals surface area contributed by atoms with E-state index in [1.807, 2.05) is 19.2 Å². The number of thiol groups is 1. The molecule has 0 fully saturated rings. The lowest BCUT2D eigenvalue weighted by Gasteiger charge is -2.09. The number of benzene rings is 2. The summed E-state index contributed by atoms with van der Waals surface area (Å²) in [6.07, 6.45) is 0. The van der Waals surface area contributed by atoms with Gasteiger partial charge in [-0.05, 0) is 35.9 Å². The molecule has 2 heteroatoms. The molecule has 0 aromatic heterocycles. The van der Waals surface area contributed by atoms with Crippen LogP contribution in [0.25, 0.3) is 11.1 Å². The topological polar surface area (TPSA) is 12.0 Å². The average Bonchev–Trinajstić information content (AvgIpc) is 2.32. The Morgan fingerprint density at radius 3 is 2.38 bits per heavy atom. The molecule has 0 aliphatic carbocycles. The van der Waals surface area contributed by atoms with Crippen LogP contribution in [0.3, 0.4) is 0 Å². The summed E-state index contributed by atoms with van der Waals surface area (Å²) in [5.74, 6) is 0. The van der Waals surface area contributed by atoms with Crippen molar-refractivity contribution in [3.63, 3.8) is 0 Å². The van der Waals surface area contributed by atoms with E-state index in [4.69, 9.17) is 0 Å². The van der Waals surface area contributed by atoms with Gasteiger partial charge in [0.2, 0.25) is 0 Å². The molecule has 1 nitrogen and oxygen atoms in total. The van der Waals surface area contributed by atoms with E-state index in [2.05, 4.69) is 54.3 Å². The Balaban J connectivity index is 2.42. The molecule has 0 atom stereocenters. The van der Waals surface area contributed by atoms with Crippen LogP contribution in [0.1, 0.15) is 5.56 Å². The molecule has 0 bridgehead atoms. The second kappa shape index (κ2) is 5.19. The molecule has 0 spiro atoms. The summed E-state index contributed by atoms with van der Waals surface area (Å²) in [4.78, 5) is 0.995. The molecule has 0 saturated heterocycles. The minimum Gasteiger partial charge on any atom is -0.316 e. The van der Waals surface area contributed by atoms with Gasteiger partial charge < -0.3 is 5.32 Å². The predicted molar refractivity (Wildman–Crippen MR) is 71.9 cm³/mol. The molecule has 0 aliphatic heterocycles. The molecule has 0 aliphatic rings. The maximum Gasteiger partial charge on any atom is 0.0208 e. The van der Waals surface area contributed by atoms with Crippen molar-refractivity contribution in [2.24, 2.45) is 0 Å². The highest BCUT2D eigenvalue weighted by Gasteiger charge is 2.02. The molecular formula is C14H15NS. The molecule has 2 aromatic carbocycles. The van der Waals surface area contributed by atoms with Crippen molar-refractivity contribution < 1.29 is 0 Å². The first-order valence-corrected chi connectivity index (χ1v) is 5.78. The minimum absolute atomic E-state index is 0.888. The van der Waals surface area contributed by atoms with Gasteiger partial charge in [-0.15, -0.1) is 12.6 Å². The Labute approximate surface area is 102 Å². The van der Waals surface area contributed by atoms with Crippen molar-refractivity contribution in [3.8, 4) is 11.1 Å². The van der Waals surface area contributed by atoms with E-state index < -0.39 is 0 Å². The van der Waals surface area contributed by atoms with Crippen LogP contribution in [0.4, 0.5) is 0 Å². The van der Waals surface area contributed by atoms with Gasteiger partial charge in [0, 0.05) is 11.4 Å². The Kier molecular flexibility index (Phi) is 3.65. The van der Waals surface area contributed by atoms with Gasteiger partial charge >= 0.3 is 0 Å². The molecule has 82 valence electrons. The summed E-state index contributed by atoms with van der Waals surface area (Å²) in [6, 6.07) is 16.7. The lowest BCUT2D eigenvalue weighted by Crippen LogP contribution is -2.06. The summed E-state index contributed by atoms with van der Waals surface area (Å²) in [5.41, 5.74) is 3.84. The number of rotatable bonds is 3. The van der Waals surface area contributed by atoms with E-state index in [1.54, 1.807) is 0 Å². The van der Waals surface area contributed by atoms with Gasteiger partial charge in [-0.2, -0.15) is 0 Å².